The van der Waals surface area contributed by atoms with Crippen LogP contribution in [0.4, 0.5) is 5.69 Å². The van der Waals surface area contributed by atoms with Gasteiger partial charge in [0.2, 0.25) is 5.91 Å². The number of benzene rings is 1. The van der Waals surface area contributed by atoms with Crippen LogP contribution in [0.3, 0.4) is 0 Å². The molecule has 0 heterocycles. The molecule has 0 aliphatic rings. The lowest BCUT2D eigenvalue weighted by Gasteiger charge is -2.21. The quantitative estimate of drug-likeness (QED) is 0.760. The van der Waals surface area contributed by atoms with E-state index in [-0.39, 0.29) is 31.4 Å². The van der Waals surface area contributed by atoms with Crippen molar-refractivity contribution in [1.82, 2.24) is 4.90 Å². The highest BCUT2D eigenvalue weighted by Crippen LogP contribution is 2.27. The third kappa shape index (κ3) is 7.01. The smallest absolute Gasteiger partial charge is 0.317 e. The number of halogens is 1. The second-order valence-electron chi connectivity index (χ2n) is 5.85. The monoisotopic (exact) mass is 342 g/mol. The fourth-order valence-electron chi connectivity index (χ4n) is 2.45. The topological polar surface area (TPSA) is 69.6 Å². The van der Waals surface area contributed by atoms with Crippen molar-refractivity contribution in [3.05, 3.63) is 29.3 Å². The van der Waals surface area contributed by atoms with Crippen molar-refractivity contribution in [2.24, 2.45) is 0 Å². The fourth-order valence-corrected chi connectivity index (χ4v) is 2.45. The number of hydrogen-bond donors (Lipinski definition) is 2. The first-order valence-electron chi connectivity index (χ1n) is 7.68. The molecule has 6 heteroatoms. The second-order valence-corrected chi connectivity index (χ2v) is 5.85. The molecule has 0 fully saturated rings. The van der Waals surface area contributed by atoms with E-state index in [0.717, 1.165) is 23.2 Å². The Labute approximate surface area is 144 Å². The molecule has 0 aromatic heterocycles. The maximum atomic E-state index is 12.3. The van der Waals surface area contributed by atoms with E-state index in [2.05, 4.69) is 19.2 Å². The standard InChI is InChI=1S/C17H26N2O3.ClH/c1-5-9-19(11-16(21)22)10-15(20)18-17-13(4)7-6-8-14(17)12(2)3;/h6-8,12H,5,9-11H2,1-4H3,(H,18,20)(H,21,22);1H. The van der Waals surface area contributed by atoms with Crippen molar-refractivity contribution in [1.29, 1.82) is 0 Å². The van der Waals surface area contributed by atoms with Gasteiger partial charge in [0.25, 0.3) is 0 Å². The van der Waals surface area contributed by atoms with Crippen molar-refractivity contribution >= 4 is 30.0 Å². The molecule has 0 atom stereocenters. The number of carbonyl (C=O) groups is 2. The molecule has 1 rings (SSSR count). The number of carboxylic acids is 1. The lowest BCUT2D eigenvalue weighted by Crippen LogP contribution is -2.37. The fraction of sp³-hybridized carbons (Fsp3) is 0.529. The van der Waals surface area contributed by atoms with Gasteiger partial charge in [-0.2, -0.15) is 0 Å². The van der Waals surface area contributed by atoms with Crippen LogP contribution in [0.1, 0.15) is 44.2 Å². The molecule has 1 amide bonds. The normalized spacial score (nSPS) is 10.5. The molecular formula is C17H27ClN2O3. The molecule has 1 aromatic rings. The van der Waals surface area contributed by atoms with Crippen LogP contribution in [-0.4, -0.2) is 41.5 Å². The minimum atomic E-state index is -0.917. The lowest BCUT2D eigenvalue weighted by atomic mass is 9.98. The molecule has 2 N–H and O–H groups in total. The van der Waals surface area contributed by atoms with Crippen LogP contribution in [0.25, 0.3) is 0 Å². The van der Waals surface area contributed by atoms with Gasteiger partial charge in [-0.25, -0.2) is 0 Å². The molecule has 23 heavy (non-hydrogen) atoms. The Morgan fingerprint density at radius 3 is 2.43 bits per heavy atom. The number of hydrogen-bond acceptors (Lipinski definition) is 3. The average Bonchev–Trinajstić information content (AvgIpc) is 2.40. The zero-order valence-electron chi connectivity index (χ0n) is 14.3. The third-order valence-electron chi connectivity index (χ3n) is 3.46. The summed E-state index contributed by atoms with van der Waals surface area (Å²) in [5.41, 5.74) is 2.95. The molecule has 5 nitrogen and oxygen atoms in total. The molecule has 130 valence electrons. The predicted octanol–water partition coefficient (Wildman–Crippen LogP) is 3.28. The summed E-state index contributed by atoms with van der Waals surface area (Å²) in [6.07, 6.45) is 0.808. The van der Waals surface area contributed by atoms with Crippen LogP contribution < -0.4 is 5.32 Å². The molecule has 0 saturated heterocycles. The third-order valence-corrected chi connectivity index (χ3v) is 3.46. The summed E-state index contributed by atoms with van der Waals surface area (Å²) in [5.74, 6) is -0.785. The van der Waals surface area contributed by atoms with Crippen LogP contribution in [-0.2, 0) is 9.59 Å². The van der Waals surface area contributed by atoms with Gasteiger partial charge in [0.1, 0.15) is 0 Å². The first-order valence-corrected chi connectivity index (χ1v) is 7.68. The Morgan fingerprint density at radius 2 is 1.91 bits per heavy atom. The molecule has 0 saturated carbocycles. The molecule has 1 aromatic carbocycles. The highest BCUT2D eigenvalue weighted by molar-refractivity contribution is 5.94. The Morgan fingerprint density at radius 1 is 1.26 bits per heavy atom. The van der Waals surface area contributed by atoms with Crippen molar-refractivity contribution in [2.45, 2.75) is 40.0 Å². The number of rotatable bonds is 8. The Hall–Kier alpha value is -1.59. The number of aryl methyl sites for hydroxylation is 1. The number of nitrogens with one attached hydrogen (secondary N) is 1. The van der Waals surface area contributed by atoms with E-state index in [9.17, 15) is 9.59 Å². The number of para-hydroxylation sites is 1. The van der Waals surface area contributed by atoms with E-state index >= 15 is 0 Å². The second kappa shape index (κ2) is 10.2. The lowest BCUT2D eigenvalue weighted by molar-refractivity contribution is -0.138. The van der Waals surface area contributed by atoms with E-state index in [1.165, 1.54) is 0 Å². The minimum absolute atomic E-state index is 0. The van der Waals surface area contributed by atoms with Gasteiger partial charge in [0, 0.05) is 5.69 Å². The summed E-state index contributed by atoms with van der Waals surface area (Å²) in [7, 11) is 0. The number of carboxylic acid groups (broad SMARTS) is 1. The molecule has 0 spiro atoms. The van der Waals surface area contributed by atoms with Gasteiger partial charge < -0.3 is 10.4 Å². The van der Waals surface area contributed by atoms with E-state index in [0.29, 0.717) is 12.5 Å². The van der Waals surface area contributed by atoms with Crippen molar-refractivity contribution in [2.75, 3.05) is 25.0 Å². The van der Waals surface area contributed by atoms with E-state index in [1.807, 2.05) is 32.0 Å². The first-order chi connectivity index (χ1) is 10.3. The summed E-state index contributed by atoms with van der Waals surface area (Å²) < 4.78 is 0. The van der Waals surface area contributed by atoms with E-state index in [1.54, 1.807) is 4.90 Å². The summed E-state index contributed by atoms with van der Waals surface area (Å²) in [6.45, 7) is 8.65. The first kappa shape index (κ1) is 21.4. The molecule has 0 aliphatic carbocycles. The maximum absolute atomic E-state index is 12.3. The Bertz CT molecular complexity index is 533. The SMILES string of the molecule is CCCN(CC(=O)O)CC(=O)Nc1c(C)cccc1C(C)C.Cl. The zero-order chi connectivity index (χ0) is 16.7. The molecule has 0 radical (unpaired) electrons. The Balaban J connectivity index is 0.00000484. The number of carbonyl (C=O) groups excluding carboxylic acids is 1. The van der Waals surface area contributed by atoms with E-state index in [4.69, 9.17) is 5.11 Å². The molecule has 0 unspecified atom stereocenters. The summed E-state index contributed by atoms with van der Waals surface area (Å²) in [6, 6.07) is 5.95. The minimum Gasteiger partial charge on any atom is -0.480 e. The van der Waals surface area contributed by atoms with Gasteiger partial charge in [-0.3, -0.25) is 14.5 Å². The van der Waals surface area contributed by atoms with Gasteiger partial charge in [0.05, 0.1) is 13.1 Å². The van der Waals surface area contributed by atoms with Crippen LogP contribution in [0.5, 0.6) is 0 Å². The van der Waals surface area contributed by atoms with Crippen LogP contribution in [0.2, 0.25) is 0 Å². The van der Waals surface area contributed by atoms with Gasteiger partial charge in [-0.15, -0.1) is 12.4 Å². The predicted molar refractivity (Wildman–Crippen MR) is 95.5 cm³/mol. The maximum Gasteiger partial charge on any atom is 0.317 e. The van der Waals surface area contributed by atoms with Crippen molar-refractivity contribution in [3.8, 4) is 0 Å². The summed E-state index contributed by atoms with van der Waals surface area (Å²) in [4.78, 5) is 24.8. The Kier molecular flexibility index (Phi) is 9.53. The average molecular weight is 343 g/mol. The van der Waals surface area contributed by atoms with Crippen LogP contribution >= 0.6 is 12.4 Å². The van der Waals surface area contributed by atoms with Crippen molar-refractivity contribution < 1.29 is 14.7 Å². The zero-order valence-corrected chi connectivity index (χ0v) is 15.1. The molecule has 0 bridgehead atoms. The van der Waals surface area contributed by atoms with Gasteiger partial charge in [0.15, 0.2) is 0 Å². The van der Waals surface area contributed by atoms with Crippen LogP contribution in [0, 0.1) is 6.92 Å². The van der Waals surface area contributed by atoms with Gasteiger partial charge in [-0.05, 0) is 36.9 Å². The van der Waals surface area contributed by atoms with E-state index < -0.39 is 5.97 Å². The number of nitrogens with zero attached hydrogens (tertiary/aromatic N) is 1. The number of amides is 1. The molecule has 0 aliphatic heterocycles. The summed E-state index contributed by atoms with van der Waals surface area (Å²) >= 11 is 0. The largest absolute Gasteiger partial charge is 0.480 e. The summed E-state index contributed by atoms with van der Waals surface area (Å²) in [5, 5.41) is 11.8. The molecular weight excluding hydrogens is 316 g/mol. The van der Waals surface area contributed by atoms with Crippen molar-refractivity contribution in [3.63, 3.8) is 0 Å². The van der Waals surface area contributed by atoms with Gasteiger partial charge >= 0.3 is 5.97 Å². The van der Waals surface area contributed by atoms with Gasteiger partial charge in [-0.1, -0.05) is 39.0 Å². The highest BCUT2D eigenvalue weighted by atomic mass is 35.5. The number of anilines is 1. The number of aliphatic carboxylic acids is 1. The van der Waals surface area contributed by atoms with Crippen LogP contribution in [0.15, 0.2) is 18.2 Å². The highest BCUT2D eigenvalue weighted by Gasteiger charge is 2.16.